The van der Waals surface area contributed by atoms with Crippen molar-refractivity contribution in [3.8, 4) is 0 Å². The van der Waals surface area contributed by atoms with Gasteiger partial charge in [0.05, 0.1) is 7.11 Å². The monoisotopic (exact) mass is 240 g/mol. The molecule has 0 aromatic heterocycles. The summed E-state index contributed by atoms with van der Waals surface area (Å²) in [6.07, 6.45) is 4.57. The van der Waals surface area contributed by atoms with Crippen LogP contribution >= 0.6 is 0 Å². The molecule has 0 aromatic rings. The Bertz CT molecular complexity index is 266. The third-order valence-electron chi connectivity index (χ3n) is 3.74. The molecule has 0 aromatic carbocycles. The van der Waals surface area contributed by atoms with Crippen LogP contribution in [0.5, 0.6) is 0 Å². The molecule has 2 unspecified atom stereocenters. The lowest BCUT2D eigenvalue weighted by molar-refractivity contribution is -0.143. The summed E-state index contributed by atoms with van der Waals surface area (Å²) >= 11 is 0. The summed E-state index contributed by atoms with van der Waals surface area (Å²) in [5, 5.41) is 3.38. The average molecular weight is 240 g/mol. The Balaban J connectivity index is 1.73. The molecule has 2 atom stereocenters. The van der Waals surface area contributed by atoms with Crippen LogP contribution in [-0.4, -0.2) is 49.7 Å². The summed E-state index contributed by atoms with van der Waals surface area (Å²) in [6.45, 7) is 5.65. The molecule has 1 aliphatic carbocycles. The van der Waals surface area contributed by atoms with E-state index >= 15 is 0 Å². The summed E-state index contributed by atoms with van der Waals surface area (Å²) < 4.78 is 4.86. The van der Waals surface area contributed by atoms with E-state index in [0.717, 1.165) is 18.9 Å². The summed E-state index contributed by atoms with van der Waals surface area (Å²) in [4.78, 5) is 14.1. The number of methoxy groups -OCH3 is 1. The van der Waals surface area contributed by atoms with E-state index in [1.807, 2.05) is 0 Å². The minimum Gasteiger partial charge on any atom is -0.468 e. The lowest BCUT2D eigenvalue weighted by Gasteiger charge is -2.20. The fourth-order valence-corrected chi connectivity index (χ4v) is 2.49. The number of esters is 1. The van der Waals surface area contributed by atoms with Crippen molar-refractivity contribution in [2.75, 3.05) is 26.7 Å². The number of ether oxygens (including phenoxy) is 1. The fourth-order valence-electron chi connectivity index (χ4n) is 2.49. The molecular weight excluding hydrogens is 216 g/mol. The van der Waals surface area contributed by atoms with Crippen molar-refractivity contribution in [1.29, 1.82) is 0 Å². The first-order valence-electron chi connectivity index (χ1n) is 6.75. The van der Waals surface area contributed by atoms with E-state index in [-0.39, 0.29) is 12.0 Å². The summed E-state index contributed by atoms with van der Waals surface area (Å²) in [5.41, 5.74) is 0. The molecule has 2 aliphatic rings. The first-order chi connectivity index (χ1) is 8.19. The van der Waals surface area contributed by atoms with Crippen LogP contribution in [0.15, 0.2) is 0 Å². The lowest BCUT2D eigenvalue weighted by atomic mass is 10.2. The molecule has 1 aliphatic heterocycles. The standard InChI is InChI=1S/C13H24N2O2/c1-10-5-7-15(9-10)8-6-12(13(16)17-2)14-11-3-4-11/h10-12,14H,3-9H2,1-2H3. The van der Waals surface area contributed by atoms with Crippen molar-refractivity contribution in [3.05, 3.63) is 0 Å². The Morgan fingerprint density at radius 3 is 2.76 bits per heavy atom. The van der Waals surface area contributed by atoms with Crippen LogP contribution in [0.25, 0.3) is 0 Å². The maximum Gasteiger partial charge on any atom is 0.322 e. The smallest absolute Gasteiger partial charge is 0.322 e. The minimum atomic E-state index is -0.108. The molecule has 1 heterocycles. The van der Waals surface area contributed by atoms with E-state index in [1.165, 1.54) is 39.5 Å². The molecule has 0 radical (unpaired) electrons. The highest BCUT2D eigenvalue weighted by atomic mass is 16.5. The van der Waals surface area contributed by atoms with Gasteiger partial charge in [0.15, 0.2) is 0 Å². The van der Waals surface area contributed by atoms with Crippen LogP contribution in [0.4, 0.5) is 0 Å². The zero-order valence-electron chi connectivity index (χ0n) is 10.9. The van der Waals surface area contributed by atoms with Gasteiger partial charge in [-0.3, -0.25) is 4.79 Å². The second-order valence-electron chi connectivity index (χ2n) is 5.50. The van der Waals surface area contributed by atoms with Crippen molar-refractivity contribution >= 4 is 5.97 Å². The van der Waals surface area contributed by atoms with E-state index < -0.39 is 0 Å². The SMILES string of the molecule is COC(=O)C(CCN1CCC(C)C1)NC1CC1. The molecule has 0 spiro atoms. The normalized spacial score (nSPS) is 27.1. The third-order valence-corrected chi connectivity index (χ3v) is 3.74. The van der Waals surface area contributed by atoms with Crippen LogP contribution in [-0.2, 0) is 9.53 Å². The second kappa shape index (κ2) is 5.83. The van der Waals surface area contributed by atoms with Gasteiger partial charge in [0.2, 0.25) is 0 Å². The van der Waals surface area contributed by atoms with E-state index in [0.29, 0.717) is 6.04 Å². The molecule has 1 saturated heterocycles. The van der Waals surface area contributed by atoms with E-state index in [9.17, 15) is 4.79 Å². The van der Waals surface area contributed by atoms with Gasteiger partial charge < -0.3 is 15.0 Å². The van der Waals surface area contributed by atoms with Crippen molar-refractivity contribution in [2.24, 2.45) is 5.92 Å². The molecule has 98 valence electrons. The number of carbonyl (C=O) groups is 1. The lowest BCUT2D eigenvalue weighted by Crippen LogP contribution is -2.41. The quantitative estimate of drug-likeness (QED) is 0.704. The van der Waals surface area contributed by atoms with Crippen molar-refractivity contribution in [3.63, 3.8) is 0 Å². The molecule has 2 fully saturated rings. The maximum absolute atomic E-state index is 11.6. The number of likely N-dealkylation sites (tertiary alicyclic amines) is 1. The highest BCUT2D eigenvalue weighted by molar-refractivity contribution is 5.75. The van der Waals surface area contributed by atoms with Crippen LogP contribution in [0.2, 0.25) is 0 Å². The Hall–Kier alpha value is -0.610. The van der Waals surface area contributed by atoms with Gasteiger partial charge in [-0.05, 0) is 38.1 Å². The number of rotatable bonds is 6. The summed E-state index contributed by atoms with van der Waals surface area (Å²) in [5.74, 6) is 0.701. The summed E-state index contributed by atoms with van der Waals surface area (Å²) in [6, 6.07) is 0.444. The van der Waals surface area contributed by atoms with Gasteiger partial charge in [-0.1, -0.05) is 6.92 Å². The Kier molecular flexibility index (Phi) is 4.40. The van der Waals surface area contributed by atoms with Gasteiger partial charge in [-0.2, -0.15) is 0 Å². The maximum atomic E-state index is 11.6. The van der Waals surface area contributed by atoms with Gasteiger partial charge in [0.25, 0.3) is 0 Å². The number of nitrogens with zero attached hydrogens (tertiary/aromatic N) is 1. The molecule has 0 bridgehead atoms. The molecule has 1 N–H and O–H groups in total. The molecule has 1 saturated carbocycles. The first kappa shape index (κ1) is 12.8. The topological polar surface area (TPSA) is 41.6 Å². The number of nitrogens with one attached hydrogen (secondary N) is 1. The van der Waals surface area contributed by atoms with E-state index in [2.05, 4.69) is 17.1 Å². The molecule has 4 heteroatoms. The molecule has 17 heavy (non-hydrogen) atoms. The minimum absolute atomic E-state index is 0.107. The van der Waals surface area contributed by atoms with Gasteiger partial charge in [-0.25, -0.2) is 0 Å². The van der Waals surface area contributed by atoms with Gasteiger partial charge in [0, 0.05) is 19.1 Å². The fraction of sp³-hybridized carbons (Fsp3) is 0.923. The van der Waals surface area contributed by atoms with Crippen molar-refractivity contribution < 1.29 is 9.53 Å². The Morgan fingerprint density at radius 2 is 2.24 bits per heavy atom. The second-order valence-corrected chi connectivity index (χ2v) is 5.50. The zero-order chi connectivity index (χ0) is 12.3. The summed E-state index contributed by atoms with van der Waals surface area (Å²) in [7, 11) is 1.47. The third kappa shape index (κ3) is 3.96. The van der Waals surface area contributed by atoms with Crippen LogP contribution in [0, 0.1) is 5.92 Å². The largest absolute Gasteiger partial charge is 0.468 e. The zero-order valence-corrected chi connectivity index (χ0v) is 10.9. The van der Waals surface area contributed by atoms with Crippen molar-refractivity contribution in [2.45, 2.75) is 44.7 Å². The van der Waals surface area contributed by atoms with Gasteiger partial charge in [-0.15, -0.1) is 0 Å². The van der Waals surface area contributed by atoms with Crippen LogP contribution in [0.3, 0.4) is 0 Å². The Labute approximate surface area is 104 Å². The van der Waals surface area contributed by atoms with Crippen LogP contribution in [0.1, 0.15) is 32.6 Å². The Morgan fingerprint density at radius 1 is 1.47 bits per heavy atom. The number of hydrogen-bond acceptors (Lipinski definition) is 4. The number of hydrogen-bond donors (Lipinski definition) is 1. The molecule has 2 rings (SSSR count). The predicted molar refractivity (Wildman–Crippen MR) is 66.8 cm³/mol. The highest BCUT2D eigenvalue weighted by Crippen LogP contribution is 2.21. The van der Waals surface area contributed by atoms with E-state index in [1.54, 1.807) is 0 Å². The van der Waals surface area contributed by atoms with Gasteiger partial charge in [0.1, 0.15) is 6.04 Å². The molecular formula is C13H24N2O2. The van der Waals surface area contributed by atoms with E-state index in [4.69, 9.17) is 4.74 Å². The van der Waals surface area contributed by atoms with Crippen molar-refractivity contribution in [1.82, 2.24) is 10.2 Å². The molecule has 4 nitrogen and oxygen atoms in total. The van der Waals surface area contributed by atoms with Gasteiger partial charge >= 0.3 is 5.97 Å². The number of carbonyl (C=O) groups excluding carboxylic acids is 1. The average Bonchev–Trinajstić information content (AvgIpc) is 3.05. The first-order valence-corrected chi connectivity index (χ1v) is 6.75. The van der Waals surface area contributed by atoms with Crippen LogP contribution < -0.4 is 5.32 Å². The highest BCUT2D eigenvalue weighted by Gasteiger charge is 2.29. The molecule has 0 amide bonds. The predicted octanol–water partition coefficient (Wildman–Crippen LogP) is 1.01.